The van der Waals surface area contributed by atoms with E-state index in [9.17, 15) is 24.3 Å². The van der Waals surface area contributed by atoms with Gasteiger partial charge in [0, 0.05) is 13.0 Å². The number of rotatable bonds is 10. The zero-order valence-corrected chi connectivity index (χ0v) is 20.8. The molecule has 1 aromatic carbocycles. The van der Waals surface area contributed by atoms with E-state index in [1.54, 1.807) is 0 Å². The number of imidazole rings is 1. The number of carbonyl (C=O) groups is 4. The molecule has 3 rings (SSSR count). The van der Waals surface area contributed by atoms with E-state index in [1.807, 2.05) is 44.4 Å². The lowest BCUT2D eigenvalue weighted by atomic mass is 9.91. The molecular weight excluding hydrogens is 470 g/mol. The van der Waals surface area contributed by atoms with Gasteiger partial charge in [-0.25, -0.2) is 9.78 Å². The molecule has 1 aliphatic heterocycles. The van der Waals surface area contributed by atoms with E-state index in [-0.39, 0.29) is 31.0 Å². The molecule has 1 aliphatic rings. The maximum atomic E-state index is 13.7. The fraction of sp³-hybridized carbons (Fsp3) is 0.458. The minimum atomic E-state index is -1.12. The van der Waals surface area contributed by atoms with Crippen LogP contribution in [0.4, 0.5) is 0 Å². The van der Waals surface area contributed by atoms with Gasteiger partial charge in [-0.3, -0.25) is 14.4 Å². The summed E-state index contributed by atoms with van der Waals surface area (Å²) in [6.45, 7) is 3.80. The molecule has 0 bridgehead atoms. The first-order valence-corrected chi connectivity index (χ1v) is 12.8. The molecule has 0 saturated heterocycles. The molecule has 0 saturated carbocycles. The number of aromatic amines is 1. The molecule has 1 aromatic heterocycles. The highest BCUT2D eigenvalue weighted by atomic mass is 32.2. The van der Waals surface area contributed by atoms with Gasteiger partial charge in [0.2, 0.25) is 11.8 Å². The Morgan fingerprint density at radius 1 is 1.20 bits per heavy atom. The molecule has 0 aliphatic carbocycles. The first-order chi connectivity index (χ1) is 16.7. The number of nitrogens with one attached hydrogen (secondary N) is 3. The van der Waals surface area contributed by atoms with Crippen LogP contribution in [0, 0.1) is 5.92 Å². The Balaban J connectivity index is 1.87. The molecule has 11 heteroatoms. The van der Waals surface area contributed by atoms with Crippen molar-refractivity contribution in [2.45, 2.75) is 51.4 Å². The molecule has 35 heavy (non-hydrogen) atoms. The summed E-state index contributed by atoms with van der Waals surface area (Å²) in [4.78, 5) is 59.4. The summed E-state index contributed by atoms with van der Waals surface area (Å²) in [6.07, 6.45) is 5.13. The maximum Gasteiger partial charge on any atom is 0.326 e. The van der Waals surface area contributed by atoms with Crippen LogP contribution < -0.4 is 10.6 Å². The number of benzene rings is 1. The average Bonchev–Trinajstić information content (AvgIpc) is 3.38. The smallest absolute Gasteiger partial charge is 0.326 e. The van der Waals surface area contributed by atoms with Gasteiger partial charge in [0.1, 0.15) is 23.8 Å². The van der Waals surface area contributed by atoms with E-state index in [1.165, 1.54) is 29.2 Å². The van der Waals surface area contributed by atoms with Crippen molar-refractivity contribution >= 4 is 35.5 Å². The topological polar surface area (TPSA) is 144 Å². The molecule has 4 N–H and O–H groups in total. The number of nitrogens with zero attached hydrogens (tertiary/aromatic N) is 2. The van der Waals surface area contributed by atoms with Gasteiger partial charge in [0.25, 0.3) is 5.91 Å². The highest BCUT2D eigenvalue weighted by Gasteiger charge is 2.40. The van der Waals surface area contributed by atoms with Crippen LogP contribution in [0.15, 0.2) is 36.8 Å². The lowest BCUT2D eigenvalue weighted by molar-refractivity contribution is -0.146. The predicted molar refractivity (Wildman–Crippen MR) is 132 cm³/mol. The third kappa shape index (κ3) is 6.41. The molecule has 0 radical (unpaired) electrons. The standard InChI is InChI=1S/C24H31N5O5S/c1-14(2)20(28-21(30)18-11-25-13-26-18)23(32)29-12-16-7-5-4-6-15(16)10-19(29)22(31)27-17(24(33)34)8-9-35-3/h4-7,11,13-14,17,19-20H,8-10,12H2,1-3H3,(H,25,26)(H,27,31)(H,28,30)(H,33,34)/t17-,19+,20-/m0/s1. The fourth-order valence-corrected chi connectivity index (χ4v) is 4.51. The van der Waals surface area contributed by atoms with Gasteiger partial charge in [-0.2, -0.15) is 11.8 Å². The molecule has 2 aromatic rings. The minimum Gasteiger partial charge on any atom is -0.480 e. The molecule has 0 unspecified atom stereocenters. The number of aromatic nitrogens is 2. The van der Waals surface area contributed by atoms with Crippen molar-refractivity contribution in [2.75, 3.05) is 12.0 Å². The summed E-state index contributed by atoms with van der Waals surface area (Å²) in [5.41, 5.74) is 2.06. The number of thioether (sulfide) groups is 1. The number of carboxylic acids is 1. The Hall–Kier alpha value is -3.34. The normalized spacial score (nSPS) is 16.8. The molecular formula is C24H31N5O5S. The van der Waals surface area contributed by atoms with E-state index >= 15 is 0 Å². The van der Waals surface area contributed by atoms with Crippen LogP contribution in [0.3, 0.4) is 0 Å². The summed E-state index contributed by atoms with van der Waals surface area (Å²) < 4.78 is 0. The minimum absolute atomic E-state index is 0.179. The second kappa shape index (κ2) is 11.9. The van der Waals surface area contributed by atoms with Crippen LogP contribution in [-0.2, 0) is 27.3 Å². The number of amides is 3. The molecule has 188 valence electrons. The number of carbonyl (C=O) groups excluding carboxylic acids is 3. The highest BCUT2D eigenvalue weighted by molar-refractivity contribution is 7.98. The third-order valence-electron chi connectivity index (χ3n) is 6.02. The third-order valence-corrected chi connectivity index (χ3v) is 6.67. The van der Waals surface area contributed by atoms with Crippen molar-refractivity contribution in [3.05, 3.63) is 53.6 Å². The Labute approximate surface area is 208 Å². The zero-order valence-electron chi connectivity index (χ0n) is 20.0. The van der Waals surface area contributed by atoms with Crippen molar-refractivity contribution < 1.29 is 24.3 Å². The van der Waals surface area contributed by atoms with E-state index < -0.39 is 41.8 Å². The van der Waals surface area contributed by atoms with Crippen LogP contribution in [-0.4, -0.2) is 73.8 Å². The summed E-state index contributed by atoms with van der Waals surface area (Å²) >= 11 is 1.49. The monoisotopic (exact) mass is 501 g/mol. The van der Waals surface area contributed by atoms with Crippen molar-refractivity contribution in [1.29, 1.82) is 0 Å². The second-order valence-corrected chi connectivity index (χ2v) is 9.78. The van der Waals surface area contributed by atoms with Crippen LogP contribution in [0.2, 0.25) is 0 Å². The average molecular weight is 502 g/mol. The van der Waals surface area contributed by atoms with Crippen LogP contribution in [0.25, 0.3) is 0 Å². The molecule has 2 heterocycles. The van der Waals surface area contributed by atoms with Gasteiger partial charge in [0.15, 0.2) is 0 Å². The number of H-pyrrole nitrogens is 1. The van der Waals surface area contributed by atoms with Gasteiger partial charge < -0.3 is 25.6 Å². The number of fused-ring (bicyclic) bond motifs is 1. The fourth-order valence-electron chi connectivity index (χ4n) is 4.04. The van der Waals surface area contributed by atoms with Crippen LogP contribution in [0.5, 0.6) is 0 Å². The number of aliphatic carboxylic acids is 1. The molecule has 10 nitrogen and oxygen atoms in total. The van der Waals surface area contributed by atoms with Crippen LogP contribution >= 0.6 is 11.8 Å². The molecule has 3 atom stereocenters. The Morgan fingerprint density at radius 3 is 2.51 bits per heavy atom. The van der Waals surface area contributed by atoms with Gasteiger partial charge in [0.05, 0.1) is 12.5 Å². The summed E-state index contributed by atoms with van der Waals surface area (Å²) in [6, 6.07) is 4.69. The first kappa shape index (κ1) is 26.3. The maximum absolute atomic E-state index is 13.7. The van der Waals surface area contributed by atoms with Gasteiger partial charge in [-0.05, 0) is 35.5 Å². The van der Waals surface area contributed by atoms with E-state index in [0.29, 0.717) is 5.75 Å². The van der Waals surface area contributed by atoms with Gasteiger partial charge >= 0.3 is 5.97 Å². The van der Waals surface area contributed by atoms with Gasteiger partial charge in [-0.15, -0.1) is 0 Å². The Bertz CT molecular complexity index is 1060. The summed E-state index contributed by atoms with van der Waals surface area (Å²) in [5.74, 6) is -2.21. The summed E-state index contributed by atoms with van der Waals surface area (Å²) in [7, 11) is 0. The number of hydrogen-bond donors (Lipinski definition) is 4. The quantitative estimate of drug-likeness (QED) is 0.386. The lowest BCUT2D eigenvalue weighted by Gasteiger charge is -2.39. The van der Waals surface area contributed by atoms with E-state index in [2.05, 4.69) is 20.6 Å². The van der Waals surface area contributed by atoms with Crippen LogP contribution in [0.1, 0.15) is 41.9 Å². The Kier molecular flexibility index (Phi) is 8.91. The molecule has 0 fully saturated rings. The largest absolute Gasteiger partial charge is 0.480 e. The Morgan fingerprint density at radius 2 is 1.91 bits per heavy atom. The molecule has 3 amide bonds. The second-order valence-electron chi connectivity index (χ2n) is 8.80. The zero-order chi connectivity index (χ0) is 25.5. The number of carboxylic acid groups (broad SMARTS) is 1. The van der Waals surface area contributed by atoms with Gasteiger partial charge in [-0.1, -0.05) is 38.1 Å². The lowest BCUT2D eigenvalue weighted by Crippen LogP contribution is -2.60. The molecule has 0 spiro atoms. The van der Waals surface area contributed by atoms with E-state index in [4.69, 9.17) is 0 Å². The predicted octanol–water partition coefficient (Wildman–Crippen LogP) is 1.44. The first-order valence-electron chi connectivity index (χ1n) is 11.4. The van der Waals surface area contributed by atoms with Crippen molar-refractivity contribution in [2.24, 2.45) is 5.92 Å². The van der Waals surface area contributed by atoms with Crippen molar-refractivity contribution in [1.82, 2.24) is 25.5 Å². The highest BCUT2D eigenvalue weighted by Crippen LogP contribution is 2.25. The van der Waals surface area contributed by atoms with Crippen molar-refractivity contribution in [3.8, 4) is 0 Å². The number of hydrogen-bond acceptors (Lipinski definition) is 6. The SMILES string of the molecule is CSCC[C@H](NC(=O)[C@H]1Cc2ccccc2CN1C(=O)[C@@H](NC(=O)c1cnc[nH]1)C(C)C)C(=O)O. The van der Waals surface area contributed by atoms with Crippen molar-refractivity contribution in [3.63, 3.8) is 0 Å². The summed E-state index contributed by atoms with van der Waals surface area (Å²) in [5, 5.41) is 14.9. The van der Waals surface area contributed by atoms with E-state index in [0.717, 1.165) is 11.1 Å².